The van der Waals surface area contributed by atoms with E-state index >= 15 is 0 Å². The van der Waals surface area contributed by atoms with Crippen LogP contribution in [0.5, 0.6) is 17.2 Å². The molecule has 1 heterocycles. The lowest BCUT2D eigenvalue weighted by Crippen LogP contribution is -2.35. The third-order valence-corrected chi connectivity index (χ3v) is 6.88. The minimum atomic E-state index is -0.276. The Morgan fingerprint density at radius 2 is 1.64 bits per heavy atom. The van der Waals surface area contributed by atoms with E-state index in [0.717, 1.165) is 39.9 Å². The van der Waals surface area contributed by atoms with Crippen molar-refractivity contribution < 1.29 is 23.7 Å². The Morgan fingerprint density at radius 3 is 2.33 bits per heavy atom. The minimum absolute atomic E-state index is 0.224. The maximum absolute atomic E-state index is 11.6. The van der Waals surface area contributed by atoms with Crippen LogP contribution in [0.2, 0.25) is 0 Å². The molecule has 0 amide bonds. The monoisotopic (exact) mass is 547 g/mol. The average molecular weight is 548 g/mol. The van der Waals surface area contributed by atoms with E-state index in [1.165, 1.54) is 12.7 Å². The molecule has 0 bridgehead atoms. The van der Waals surface area contributed by atoms with Gasteiger partial charge in [0.25, 0.3) is 0 Å². The number of H-pyrrole nitrogens is 1. The first-order chi connectivity index (χ1) is 18.9. The summed E-state index contributed by atoms with van der Waals surface area (Å²) in [4.78, 5) is 17.1. The lowest BCUT2D eigenvalue weighted by Gasteiger charge is -2.26. The quantitative estimate of drug-likeness (QED) is 0.192. The molecule has 3 aromatic carbocycles. The molecule has 0 spiro atoms. The predicted molar refractivity (Wildman–Crippen MR) is 157 cm³/mol. The summed E-state index contributed by atoms with van der Waals surface area (Å²) >= 11 is 5.88. The van der Waals surface area contributed by atoms with E-state index in [1.807, 2.05) is 66.9 Å². The Bertz CT molecular complexity index is 1430. The highest BCUT2D eigenvalue weighted by atomic mass is 32.1. The number of methoxy groups -OCH3 is 4. The second-order valence-corrected chi connectivity index (χ2v) is 9.35. The van der Waals surface area contributed by atoms with Gasteiger partial charge in [0.05, 0.1) is 34.9 Å². The number of benzene rings is 3. The molecule has 0 fully saturated rings. The fourth-order valence-corrected chi connectivity index (χ4v) is 4.62. The van der Waals surface area contributed by atoms with Crippen molar-refractivity contribution in [1.82, 2.24) is 9.88 Å². The largest absolute Gasteiger partial charge is 0.497 e. The summed E-state index contributed by atoms with van der Waals surface area (Å²) in [7, 11) is 6.30. The van der Waals surface area contributed by atoms with Gasteiger partial charge in [-0.3, -0.25) is 4.79 Å². The van der Waals surface area contributed by atoms with Gasteiger partial charge in [-0.2, -0.15) is 0 Å². The van der Waals surface area contributed by atoms with Crippen molar-refractivity contribution in [2.45, 2.75) is 19.4 Å². The number of anilines is 1. The molecule has 0 aliphatic rings. The Hall–Kier alpha value is -4.24. The number of carbonyl (C=O) groups is 1. The zero-order valence-corrected chi connectivity index (χ0v) is 23.4. The number of nitrogens with one attached hydrogen (secondary N) is 2. The summed E-state index contributed by atoms with van der Waals surface area (Å²) in [6, 6.07) is 19.5. The van der Waals surface area contributed by atoms with Crippen molar-refractivity contribution in [2.75, 3.05) is 40.3 Å². The second kappa shape index (κ2) is 13.0. The van der Waals surface area contributed by atoms with Crippen molar-refractivity contribution >= 4 is 39.9 Å². The van der Waals surface area contributed by atoms with Crippen molar-refractivity contribution in [2.24, 2.45) is 0 Å². The van der Waals surface area contributed by atoms with Crippen LogP contribution in [0.4, 0.5) is 5.69 Å². The number of thiocarbonyl (C=S) groups is 1. The molecular formula is C30H33N3O5S. The summed E-state index contributed by atoms with van der Waals surface area (Å²) in [6.07, 6.45) is 3.03. The van der Waals surface area contributed by atoms with Gasteiger partial charge in [0.2, 0.25) is 0 Å². The van der Waals surface area contributed by atoms with Crippen molar-refractivity contribution in [3.8, 4) is 17.2 Å². The number of rotatable bonds is 11. The lowest BCUT2D eigenvalue weighted by molar-refractivity contribution is -0.139. The van der Waals surface area contributed by atoms with Crippen LogP contribution in [0, 0.1) is 0 Å². The van der Waals surface area contributed by atoms with Crippen LogP contribution in [0.1, 0.15) is 16.7 Å². The summed E-state index contributed by atoms with van der Waals surface area (Å²) in [5.41, 5.74) is 4.98. The number of carbonyl (C=O) groups excluding carboxylic acids is 1. The predicted octanol–water partition coefficient (Wildman–Crippen LogP) is 5.35. The number of aromatic nitrogens is 1. The molecule has 0 unspecified atom stereocenters. The van der Waals surface area contributed by atoms with Gasteiger partial charge in [-0.15, -0.1) is 0 Å². The Morgan fingerprint density at radius 1 is 0.897 bits per heavy atom. The van der Waals surface area contributed by atoms with Gasteiger partial charge in [-0.25, -0.2) is 0 Å². The van der Waals surface area contributed by atoms with Gasteiger partial charge < -0.3 is 34.1 Å². The molecule has 204 valence electrons. The molecule has 0 aliphatic carbocycles. The Kier molecular flexibility index (Phi) is 9.27. The Labute approximate surface area is 233 Å². The normalized spacial score (nSPS) is 10.7. The van der Waals surface area contributed by atoms with Crippen LogP contribution >= 0.6 is 12.2 Å². The topological polar surface area (TPSA) is 85.1 Å². The number of esters is 1. The molecule has 0 saturated carbocycles. The third-order valence-electron chi connectivity index (χ3n) is 6.52. The standard InChI is InChI=1S/C30H33N3O5S/c1-35-24-10-11-26-25(17-24)22(18-31-26)13-14-33(19-21-7-12-27(36-2)28(15-21)37-3)30(39)32-23-8-5-20(6-9-23)16-29(34)38-4/h5-12,15,17-18,31H,13-14,16,19H2,1-4H3,(H,32,39). The minimum Gasteiger partial charge on any atom is -0.497 e. The molecule has 0 saturated heterocycles. The first-order valence-corrected chi connectivity index (χ1v) is 12.9. The van der Waals surface area contributed by atoms with Crippen LogP contribution in [0.3, 0.4) is 0 Å². The molecule has 0 aliphatic heterocycles. The van der Waals surface area contributed by atoms with E-state index in [2.05, 4.69) is 15.2 Å². The van der Waals surface area contributed by atoms with E-state index < -0.39 is 0 Å². The van der Waals surface area contributed by atoms with Crippen molar-refractivity contribution in [3.05, 3.63) is 83.6 Å². The fraction of sp³-hybridized carbons (Fsp3) is 0.267. The van der Waals surface area contributed by atoms with E-state index in [1.54, 1.807) is 21.3 Å². The first-order valence-electron chi connectivity index (χ1n) is 12.5. The third kappa shape index (κ3) is 7.00. The smallest absolute Gasteiger partial charge is 0.309 e. The molecular weight excluding hydrogens is 514 g/mol. The molecule has 0 atom stereocenters. The van der Waals surface area contributed by atoms with Crippen LogP contribution in [0.25, 0.3) is 10.9 Å². The number of nitrogens with zero attached hydrogens (tertiary/aromatic N) is 1. The maximum Gasteiger partial charge on any atom is 0.309 e. The van der Waals surface area contributed by atoms with Gasteiger partial charge in [-0.05, 0) is 77.8 Å². The Balaban J connectivity index is 1.54. The van der Waals surface area contributed by atoms with E-state index in [0.29, 0.717) is 29.7 Å². The molecule has 2 N–H and O–H groups in total. The maximum atomic E-state index is 11.6. The molecule has 4 rings (SSSR count). The van der Waals surface area contributed by atoms with Gasteiger partial charge in [0.15, 0.2) is 16.6 Å². The lowest BCUT2D eigenvalue weighted by atomic mass is 10.1. The van der Waals surface area contributed by atoms with Gasteiger partial charge in [0.1, 0.15) is 5.75 Å². The van der Waals surface area contributed by atoms with Gasteiger partial charge >= 0.3 is 5.97 Å². The second-order valence-electron chi connectivity index (χ2n) is 8.97. The van der Waals surface area contributed by atoms with Crippen LogP contribution in [-0.4, -0.2) is 55.9 Å². The number of hydrogen-bond acceptors (Lipinski definition) is 6. The molecule has 39 heavy (non-hydrogen) atoms. The number of ether oxygens (including phenoxy) is 4. The van der Waals surface area contributed by atoms with E-state index in [-0.39, 0.29) is 12.4 Å². The molecule has 8 nitrogen and oxygen atoms in total. The van der Waals surface area contributed by atoms with Gasteiger partial charge in [-0.1, -0.05) is 18.2 Å². The molecule has 4 aromatic rings. The molecule has 1 aromatic heterocycles. The van der Waals surface area contributed by atoms with Crippen LogP contribution < -0.4 is 19.5 Å². The highest BCUT2D eigenvalue weighted by molar-refractivity contribution is 7.80. The number of hydrogen-bond donors (Lipinski definition) is 2. The van der Waals surface area contributed by atoms with Crippen LogP contribution in [0.15, 0.2) is 66.9 Å². The number of aromatic amines is 1. The van der Waals surface area contributed by atoms with E-state index in [4.69, 9.17) is 31.2 Å². The summed E-state index contributed by atoms with van der Waals surface area (Å²) in [6.45, 7) is 1.24. The van der Waals surface area contributed by atoms with Crippen molar-refractivity contribution in [3.63, 3.8) is 0 Å². The number of fused-ring (bicyclic) bond motifs is 1. The summed E-state index contributed by atoms with van der Waals surface area (Å²) in [5.74, 6) is 1.88. The van der Waals surface area contributed by atoms with Gasteiger partial charge in [0, 0.05) is 35.9 Å². The average Bonchev–Trinajstić information content (AvgIpc) is 3.37. The summed E-state index contributed by atoms with van der Waals surface area (Å²) in [5, 5.41) is 5.06. The zero-order chi connectivity index (χ0) is 27.8. The fourth-order valence-electron chi connectivity index (χ4n) is 4.35. The highest BCUT2D eigenvalue weighted by Crippen LogP contribution is 2.29. The first kappa shape index (κ1) is 27.8. The van der Waals surface area contributed by atoms with Crippen molar-refractivity contribution in [1.29, 1.82) is 0 Å². The zero-order valence-electron chi connectivity index (χ0n) is 22.6. The van der Waals surface area contributed by atoms with E-state index in [9.17, 15) is 4.79 Å². The SMILES string of the molecule is COC(=O)Cc1ccc(NC(=S)N(CCc2c[nH]c3ccc(OC)cc23)Cc2ccc(OC)c(OC)c2)cc1. The molecule has 9 heteroatoms. The molecule has 0 radical (unpaired) electrons. The van der Waals surface area contributed by atoms with Crippen LogP contribution in [-0.2, 0) is 28.9 Å². The highest BCUT2D eigenvalue weighted by Gasteiger charge is 2.15. The summed E-state index contributed by atoms with van der Waals surface area (Å²) < 4.78 is 21.1.